The van der Waals surface area contributed by atoms with Gasteiger partial charge < -0.3 is 4.42 Å². The van der Waals surface area contributed by atoms with Crippen molar-refractivity contribution in [3.63, 3.8) is 0 Å². The molecule has 0 spiro atoms. The van der Waals surface area contributed by atoms with Gasteiger partial charge in [0.2, 0.25) is 0 Å². The summed E-state index contributed by atoms with van der Waals surface area (Å²) in [7, 11) is 0. The van der Waals surface area contributed by atoms with Crippen LogP contribution in [0.3, 0.4) is 0 Å². The first-order chi connectivity index (χ1) is 8.43. The molecule has 0 saturated carbocycles. The summed E-state index contributed by atoms with van der Waals surface area (Å²) in [5, 5.41) is 0. The highest BCUT2D eigenvalue weighted by molar-refractivity contribution is 9.09. The number of rotatable bonds is 2. The molecule has 0 N–H and O–H groups in total. The van der Waals surface area contributed by atoms with E-state index in [9.17, 15) is 0 Å². The van der Waals surface area contributed by atoms with E-state index in [1.807, 2.05) is 6.07 Å². The van der Waals surface area contributed by atoms with Gasteiger partial charge in [-0.25, -0.2) is 0 Å². The summed E-state index contributed by atoms with van der Waals surface area (Å²) in [5.41, 5.74) is 7.88. The molecule has 0 aliphatic heterocycles. The van der Waals surface area contributed by atoms with Crippen molar-refractivity contribution in [2.45, 2.75) is 39.4 Å². The first-order valence-corrected chi connectivity index (χ1v) is 7.10. The predicted octanol–water partition coefficient (Wildman–Crippen LogP) is 5.31. The Kier molecular flexibility index (Phi) is 3.67. The minimum absolute atomic E-state index is 0.131. The third-order valence-electron chi connectivity index (χ3n) is 3.81. The van der Waals surface area contributed by atoms with E-state index in [2.05, 4.69) is 56.6 Å². The second-order valence-electron chi connectivity index (χ2n) is 5.00. The van der Waals surface area contributed by atoms with Crippen LogP contribution < -0.4 is 0 Å². The fourth-order valence-corrected chi connectivity index (χ4v) is 3.56. The predicted molar refractivity (Wildman–Crippen MR) is 79.6 cm³/mol. The molecule has 2 aromatic rings. The summed E-state index contributed by atoms with van der Waals surface area (Å²) in [6, 6.07) is 4.26. The van der Waals surface area contributed by atoms with E-state index in [1.165, 1.54) is 33.4 Å². The largest absolute Gasteiger partial charge is 0.468 e. The molecule has 2 heteroatoms. The lowest BCUT2D eigenvalue weighted by atomic mass is 9.91. The first kappa shape index (κ1) is 13.4. The van der Waals surface area contributed by atoms with Crippen LogP contribution in [0.1, 0.15) is 44.0 Å². The topological polar surface area (TPSA) is 13.1 Å². The van der Waals surface area contributed by atoms with Gasteiger partial charge in [-0.05, 0) is 74.1 Å². The fourth-order valence-electron chi connectivity index (χ4n) is 2.40. The lowest BCUT2D eigenvalue weighted by Crippen LogP contribution is -2.03. The van der Waals surface area contributed by atoms with Crippen LogP contribution in [-0.4, -0.2) is 0 Å². The molecule has 1 atom stereocenters. The van der Waals surface area contributed by atoms with Gasteiger partial charge in [0.25, 0.3) is 0 Å². The Labute approximate surface area is 117 Å². The fraction of sp³-hybridized carbons (Fsp3) is 0.375. The molecular weight excluding hydrogens is 288 g/mol. The van der Waals surface area contributed by atoms with Gasteiger partial charge in [-0.15, -0.1) is 0 Å². The Morgan fingerprint density at radius 1 is 0.944 bits per heavy atom. The average Bonchev–Trinajstić information content (AvgIpc) is 2.73. The smallest absolute Gasteiger partial charge is 0.124 e. The van der Waals surface area contributed by atoms with Gasteiger partial charge in [-0.1, -0.05) is 22.0 Å². The summed E-state index contributed by atoms with van der Waals surface area (Å²) >= 11 is 3.80. The van der Waals surface area contributed by atoms with E-state index >= 15 is 0 Å². The molecule has 1 aromatic carbocycles. The second kappa shape index (κ2) is 4.93. The maximum Gasteiger partial charge on any atom is 0.124 e. The zero-order valence-corrected chi connectivity index (χ0v) is 13.2. The van der Waals surface area contributed by atoms with Crippen molar-refractivity contribution < 1.29 is 4.42 Å². The minimum atomic E-state index is 0.131. The molecular formula is C16H19BrO. The summed E-state index contributed by atoms with van der Waals surface area (Å²) in [6.07, 6.45) is 1.76. The minimum Gasteiger partial charge on any atom is -0.468 e. The zero-order valence-electron chi connectivity index (χ0n) is 11.6. The number of halogens is 1. The molecule has 0 amide bonds. The molecule has 96 valence electrons. The highest BCUT2D eigenvalue weighted by Gasteiger charge is 2.21. The number of aryl methyl sites for hydroxylation is 3. The molecule has 1 unspecified atom stereocenters. The van der Waals surface area contributed by atoms with Crippen LogP contribution in [0.2, 0.25) is 0 Å². The van der Waals surface area contributed by atoms with Crippen molar-refractivity contribution >= 4 is 15.9 Å². The molecule has 1 nitrogen and oxygen atoms in total. The third-order valence-corrected chi connectivity index (χ3v) is 4.68. The van der Waals surface area contributed by atoms with Gasteiger partial charge in [0, 0.05) is 0 Å². The molecule has 1 aromatic heterocycles. The van der Waals surface area contributed by atoms with E-state index in [0.29, 0.717) is 0 Å². The van der Waals surface area contributed by atoms with Crippen LogP contribution >= 0.6 is 15.9 Å². The third kappa shape index (κ3) is 2.14. The first-order valence-electron chi connectivity index (χ1n) is 6.18. The van der Waals surface area contributed by atoms with E-state index in [4.69, 9.17) is 4.42 Å². The summed E-state index contributed by atoms with van der Waals surface area (Å²) in [6.45, 7) is 10.8. The Morgan fingerprint density at radius 3 is 1.94 bits per heavy atom. The Balaban J connectivity index is 2.61. The number of hydrogen-bond acceptors (Lipinski definition) is 1. The lowest BCUT2D eigenvalue weighted by Gasteiger charge is -2.19. The van der Waals surface area contributed by atoms with E-state index in [0.717, 1.165) is 5.76 Å². The molecule has 0 bridgehead atoms. The Bertz CT molecular complexity index is 555. The van der Waals surface area contributed by atoms with E-state index < -0.39 is 0 Å². The molecule has 0 aliphatic rings. The molecule has 1 heterocycles. The number of hydrogen-bond donors (Lipinski definition) is 0. The Morgan fingerprint density at radius 2 is 1.50 bits per heavy atom. The standard InChI is InChI=1S/C16H19BrO/c1-9-6-7-18-16(9)15(17)14-12(4)10(2)8-11(3)13(14)5/h6-8,15H,1-5H3. The van der Waals surface area contributed by atoms with Crippen molar-refractivity contribution in [2.24, 2.45) is 0 Å². The van der Waals surface area contributed by atoms with Gasteiger partial charge in [-0.2, -0.15) is 0 Å². The van der Waals surface area contributed by atoms with Crippen LogP contribution in [0.25, 0.3) is 0 Å². The van der Waals surface area contributed by atoms with Crippen LogP contribution in [-0.2, 0) is 0 Å². The van der Waals surface area contributed by atoms with Crippen molar-refractivity contribution in [2.75, 3.05) is 0 Å². The molecule has 0 radical (unpaired) electrons. The number of furan rings is 1. The number of alkyl halides is 1. The van der Waals surface area contributed by atoms with Gasteiger partial charge in [0.15, 0.2) is 0 Å². The normalized spacial score (nSPS) is 12.8. The van der Waals surface area contributed by atoms with Crippen LogP contribution in [0.4, 0.5) is 0 Å². The maximum absolute atomic E-state index is 5.62. The number of benzene rings is 1. The summed E-state index contributed by atoms with van der Waals surface area (Å²) in [5.74, 6) is 1.01. The molecule has 18 heavy (non-hydrogen) atoms. The average molecular weight is 307 g/mol. The Hall–Kier alpha value is -1.02. The van der Waals surface area contributed by atoms with E-state index in [1.54, 1.807) is 6.26 Å². The van der Waals surface area contributed by atoms with Crippen molar-refractivity contribution in [3.05, 3.63) is 57.5 Å². The highest BCUT2D eigenvalue weighted by Crippen LogP contribution is 2.38. The molecule has 0 fully saturated rings. The second-order valence-corrected chi connectivity index (χ2v) is 5.92. The van der Waals surface area contributed by atoms with Crippen molar-refractivity contribution in [3.8, 4) is 0 Å². The molecule has 0 saturated heterocycles. The molecule has 0 aliphatic carbocycles. The van der Waals surface area contributed by atoms with E-state index in [-0.39, 0.29) is 4.83 Å². The monoisotopic (exact) mass is 306 g/mol. The van der Waals surface area contributed by atoms with Gasteiger partial charge >= 0.3 is 0 Å². The SMILES string of the molecule is Cc1ccoc1C(Br)c1c(C)c(C)cc(C)c1C. The van der Waals surface area contributed by atoms with Crippen LogP contribution in [0.15, 0.2) is 22.8 Å². The van der Waals surface area contributed by atoms with Crippen molar-refractivity contribution in [1.82, 2.24) is 0 Å². The molecule has 2 rings (SSSR count). The highest BCUT2D eigenvalue weighted by atomic mass is 79.9. The van der Waals surface area contributed by atoms with Gasteiger partial charge in [-0.3, -0.25) is 0 Å². The lowest BCUT2D eigenvalue weighted by molar-refractivity contribution is 0.516. The maximum atomic E-state index is 5.62. The van der Waals surface area contributed by atoms with Crippen molar-refractivity contribution in [1.29, 1.82) is 0 Å². The zero-order chi connectivity index (χ0) is 13.4. The summed E-state index contributed by atoms with van der Waals surface area (Å²) in [4.78, 5) is 0.131. The van der Waals surface area contributed by atoms with Crippen LogP contribution in [0.5, 0.6) is 0 Å². The summed E-state index contributed by atoms with van der Waals surface area (Å²) < 4.78 is 5.62. The van der Waals surface area contributed by atoms with Gasteiger partial charge in [0.1, 0.15) is 5.76 Å². The quantitative estimate of drug-likeness (QED) is 0.686. The van der Waals surface area contributed by atoms with Gasteiger partial charge in [0.05, 0.1) is 11.1 Å². The van der Waals surface area contributed by atoms with Crippen LogP contribution in [0, 0.1) is 34.6 Å².